The Hall–Kier alpha value is -4.35. The minimum absolute atomic E-state index is 0.0593. The number of amides is 1. The molecule has 1 amide bonds. The zero-order valence-electron chi connectivity index (χ0n) is 21.5. The summed E-state index contributed by atoms with van der Waals surface area (Å²) < 4.78 is 7.04. The van der Waals surface area contributed by atoms with Gasteiger partial charge in [0.1, 0.15) is 5.76 Å². The first-order chi connectivity index (χ1) is 18.9. The standard InChI is InChI=1S/C28H29N5O6/c1-19-23(18-29-32(19)21-6-3-2-4-7-21)26(34)24-25(20-8-10-22(11-9-20)33(37)38)31(28(36)27(24)35)13-5-12-30-14-16-39-17-15-30/h2-4,6-11,18,25,34H,5,12-17H2,1H3/b26-24+. The van der Waals surface area contributed by atoms with Gasteiger partial charge in [0.25, 0.3) is 17.4 Å². The number of morpholine rings is 1. The number of hydrogen-bond donors (Lipinski definition) is 1. The van der Waals surface area contributed by atoms with Crippen molar-refractivity contribution in [1.82, 2.24) is 19.6 Å². The van der Waals surface area contributed by atoms with Gasteiger partial charge >= 0.3 is 0 Å². The number of ether oxygens (including phenoxy) is 1. The van der Waals surface area contributed by atoms with Gasteiger partial charge in [0, 0.05) is 38.3 Å². The molecular weight excluding hydrogens is 502 g/mol. The molecule has 5 rings (SSSR count). The summed E-state index contributed by atoms with van der Waals surface area (Å²) in [5.41, 5.74) is 2.04. The molecule has 11 nitrogen and oxygen atoms in total. The highest BCUT2D eigenvalue weighted by molar-refractivity contribution is 6.46. The first kappa shape index (κ1) is 26.3. The van der Waals surface area contributed by atoms with Crippen LogP contribution in [-0.2, 0) is 14.3 Å². The molecule has 3 heterocycles. The van der Waals surface area contributed by atoms with Gasteiger partial charge in [-0.3, -0.25) is 24.6 Å². The van der Waals surface area contributed by atoms with Gasteiger partial charge in [-0.05, 0) is 43.2 Å². The molecule has 11 heteroatoms. The number of nitro benzene ring substituents is 1. The molecule has 0 saturated carbocycles. The smallest absolute Gasteiger partial charge is 0.295 e. The first-order valence-corrected chi connectivity index (χ1v) is 12.8. The highest BCUT2D eigenvalue weighted by atomic mass is 16.6. The van der Waals surface area contributed by atoms with Crippen LogP contribution in [0, 0.1) is 17.0 Å². The molecule has 0 spiro atoms. The second kappa shape index (κ2) is 11.2. The number of ketones is 1. The van der Waals surface area contributed by atoms with Crippen molar-refractivity contribution in [3.8, 4) is 5.69 Å². The summed E-state index contributed by atoms with van der Waals surface area (Å²) in [4.78, 5) is 41.0. The van der Waals surface area contributed by atoms with Crippen LogP contribution in [0.1, 0.15) is 29.3 Å². The van der Waals surface area contributed by atoms with Crippen LogP contribution in [0.3, 0.4) is 0 Å². The maximum atomic E-state index is 13.4. The van der Waals surface area contributed by atoms with Crippen molar-refractivity contribution >= 4 is 23.1 Å². The summed E-state index contributed by atoms with van der Waals surface area (Å²) in [6.45, 7) is 5.69. The van der Waals surface area contributed by atoms with Crippen molar-refractivity contribution in [2.75, 3.05) is 39.4 Å². The largest absolute Gasteiger partial charge is 0.507 e. The molecule has 1 unspecified atom stereocenters. The number of hydrogen-bond acceptors (Lipinski definition) is 8. The van der Waals surface area contributed by atoms with Crippen molar-refractivity contribution in [3.63, 3.8) is 0 Å². The monoisotopic (exact) mass is 531 g/mol. The number of aliphatic hydroxyl groups excluding tert-OH is 1. The third-order valence-electron chi connectivity index (χ3n) is 7.20. The molecule has 0 radical (unpaired) electrons. The molecule has 202 valence electrons. The number of benzene rings is 2. The average Bonchev–Trinajstić information content (AvgIpc) is 3.46. The number of para-hydroxylation sites is 1. The van der Waals surface area contributed by atoms with Crippen LogP contribution in [0.5, 0.6) is 0 Å². The average molecular weight is 532 g/mol. The van der Waals surface area contributed by atoms with Gasteiger partial charge in [-0.2, -0.15) is 5.10 Å². The molecule has 3 aromatic rings. The summed E-state index contributed by atoms with van der Waals surface area (Å²) >= 11 is 0. The van der Waals surface area contributed by atoms with Gasteiger partial charge in [0.2, 0.25) is 0 Å². The first-order valence-electron chi connectivity index (χ1n) is 12.8. The van der Waals surface area contributed by atoms with E-state index < -0.39 is 22.7 Å². The zero-order chi connectivity index (χ0) is 27.5. The van der Waals surface area contributed by atoms with Crippen LogP contribution in [0.2, 0.25) is 0 Å². The minimum Gasteiger partial charge on any atom is -0.507 e. The predicted octanol–water partition coefficient (Wildman–Crippen LogP) is 3.23. The summed E-state index contributed by atoms with van der Waals surface area (Å²) in [6.07, 6.45) is 2.08. The number of nitrogens with zero attached hydrogens (tertiary/aromatic N) is 5. The third-order valence-corrected chi connectivity index (χ3v) is 7.20. The number of non-ortho nitro benzene ring substituents is 1. The Balaban J connectivity index is 1.52. The van der Waals surface area contributed by atoms with Gasteiger partial charge in [0.15, 0.2) is 0 Å². The van der Waals surface area contributed by atoms with Crippen LogP contribution in [0.4, 0.5) is 5.69 Å². The highest BCUT2D eigenvalue weighted by Crippen LogP contribution is 2.40. The summed E-state index contributed by atoms with van der Waals surface area (Å²) in [7, 11) is 0. The van der Waals surface area contributed by atoms with E-state index in [2.05, 4.69) is 10.00 Å². The van der Waals surface area contributed by atoms with E-state index in [9.17, 15) is 24.8 Å². The second-order valence-corrected chi connectivity index (χ2v) is 9.54. The normalized spacial score (nSPS) is 19.5. The van der Waals surface area contributed by atoms with Crippen molar-refractivity contribution in [3.05, 3.63) is 93.3 Å². The number of likely N-dealkylation sites (tertiary alicyclic amines) is 1. The van der Waals surface area contributed by atoms with Crippen LogP contribution in [0.25, 0.3) is 11.4 Å². The Labute approximate surface area is 225 Å². The lowest BCUT2D eigenvalue weighted by molar-refractivity contribution is -0.384. The molecule has 0 bridgehead atoms. The number of aromatic nitrogens is 2. The van der Waals surface area contributed by atoms with E-state index in [1.54, 1.807) is 11.6 Å². The van der Waals surface area contributed by atoms with Crippen molar-refractivity contribution < 1.29 is 24.4 Å². The predicted molar refractivity (Wildman–Crippen MR) is 142 cm³/mol. The van der Waals surface area contributed by atoms with Gasteiger partial charge in [-0.1, -0.05) is 18.2 Å². The molecule has 2 aromatic carbocycles. The SMILES string of the molecule is Cc1c(/C(O)=C2\C(=O)C(=O)N(CCCN3CCOCC3)C2c2ccc([N+](=O)[O-])cc2)cnn1-c1ccccc1. The lowest BCUT2D eigenvalue weighted by Gasteiger charge is -2.29. The molecular formula is C28H29N5O6. The molecule has 0 aliphatic carbocycles. The maximum absolute atomic E-state index is 13.4. The van der Waals surface area contributed by atoms with E-state index in [0.29, 0.717) is 36.5 Å². The van der Waals surface area contributed by atoms with Crippen LogP contribution < -0.4 is 0 Å². The highest BCUT2D eigenvalue weighted by Gasteiger charge is 2.46. The summed E-state index contributed by atoms with van der Waals surface area (Å²) in [5, 5.41) is 27.1. The van der Waals surface area contributed by atoms with Crippen LogP contribution in [-0.4, -0.2) is 80.7 Å². The molecule has 39 heavy (non-hydrogen) atoms. The van der Waals surface area contributed by atoms with Crippen molar-refractivity contribution in [2.24, 2.45) is 0 Å². The maximum Gasteiger partial charge on any atom is 0.295 e. The van der Waals surface area contributed by atoms with E-state index in [1.165, 1.54) is 35.4 Å². The molecule has 2 saturated heterocycles. The fourth-order valence-electron chi connectivity index (χ4n) is 5.14. The fourth-order valence-corrected chi connectivity index (χ4v) is 5.14. The summed E-state index contributed by atoms with van der Waals surface area (Å²) in [5.74, 6) is -1.84. The van der Waals surface area contributed by atoms with Crippen LogP contribution in [0.15, 0.2) is 66.4 Å². The quantitative estimate of drug-likeness (QED) is 0.154. The summed E-state index contributed by atoms with van der Waals surface area (Å²) in [6, 6.07) is 14.2. The van der Waals surface area contributed by atoms with Gasteiger partial charge < -0.3 is 14.7 Å². The Morgan fingerprint density at radius 3 is 2.44 bits per heavy atom. The van der Waals surface area contributed by atoms with Crippen molar-refractivity contribution in [2.45, 2.75) is 19.4 Å². The number of carbonyl (C=O) groups is 2. The lowest BCUT2D eigenvalue weighted by atomic mass is 9.95. The lowest BCUT2D eigenvalue weighted by Crippen LogP contribution is -2.38. The molecule has 2 aliphatic rings. The van der Waals surface area contributed by atoms with Gasteiger partial charge in [-0.25, -0.2) is 4.68 Å². The van der Waals surface area contributed by atoms with E-state index in [1.807, 2.05) is 30.3 Å². The van der Waals surface area contributed by atoms with E-state index in [4.69, 9.17) is 4.74 Å². The number of carbonyl (C=O) groups excluding carboxylic acids is 2. The topological polar surface area (TPSA) is 131 Å². The van der Waals surface area contributed by atoms with Crippen LogP contribution >= 0.6 is 0 Å². The molecule has 1 aromatic heterocycles. The number of nitro groups is 1. The van der Waals surface area contributed by atoms with Crippen molar-refractivity contribution in [1.29, 1.82) is 0 Å². The molecule has 2 aliphatic heterocycles. The Bertz CT molecular complexity index is 1410. The number of Topliss-reactive ketones (excluding diaryl/α,β-unsaturated/α-hetero) is 1. The zero-order valence-corrected chi connectivity index (χ0v) is 21.5. The van der Waals surface area contributed by atoms with E-state index in [-0.39, 0.29) is 23.6 Å². The fraction of sp³-hybridized carbons (Fsp3) is 0.321. The van der Waals surface area contributed by atoms with Gasteiger partial charge in [0.05, 0.1) is 52.9 Å². The van der Waals surface area contributed by atoms with Gasteiger partial charge in [-0.15, -0.1) is 0 Å². The third kappa shape index (κ3) is 5.18. The molecule has 2 fully saturated rings. The molecule has 1 N–H and O–H groups in total. The number of rotatable bonds is 8. The Morgan fingerprint density at radius 1 is 1.08 bits per heavy atom. The molecule has 1 atom stereocenters. The Morgan fingerprint density at radius 2 is 1.77 bits per heavy atom. The van der Waals surface area contributed by atoms with E-state index in [0.717, 1.165) is 25.3 Å². The number of aliphatic hydroxyl groups is 1. The Kier molecular flexibility index (Phi) is 7.53. The van der Waals surface area contributed by atoms with E-state index >= 15 is 0 Å². The second-order valence-electron chi connectivity index (χ2n) is 9.54. The minimum atomic E-state index is -0.894.